The molecule has 4 heteroatoms. The van der Waals surface area contributed by atoms with Gasteiger partial charge >= 0.3 is 0 Å². The standard InChI is InChI=1S/C18H36N4/c1-18-8-5-16-22(18)17-7-10-20-12-11-19-9-6-15-21-13-3-2-4-14-21/h2-3,18-20H,4-17H2,1H3. The van der Waals surface area contributed by atoms with E-state index in [1.54, 1.807) is 0 Å². The Kier molecular flexibility index (Phi) is 9.10. The number of rotatable bonds is 11. The van der Waals surface area contributed by atoms with Crippen molar-refractivity contribution >= 4 is 0 Å². The van der Waals surface area contributed by atoms with E-state index in [2.05, 4.69) is 39.5 Å². The van der Waals surface area contributed by atoms with Crippen molar-refractivity contribution < 1.29 is 0 Å². The van der Waals surface area contributed by atoms with Crippen molar-refractivity contribution in [2.45, 2.75) is 45.1 Å². The Labute approximate surface area is 137 Å². The van der Waals surface area contributed by atoms with Crippen LogP contribution in [0.25, 0.3) is 0 Å². The van der Waals surface area contributed by atoms with Crippen LogP contribution in [0.3, 0.4) is 0 Å². The van der Waals surface area contributed by atoms with Crippen LogP contribution in [-0.4, -0.2) is 74.7 Å². The van der Waals surface area contributed by atoms with Gasteiger partial charge in [0.15, 0.2) is 0 Å². The van der Waals surface area contributed by atoms with Crippen LogP contribution in [-0.2, 0) is 0 Å². The molecule has 0 radical (unpaired) electrons. The maximum absolute atomic E-state index is 3.56. The van der Waals surface area contributed by atoms with Gasteiger partial charge in [0.05, 0.1) is 0 Å². The molecule has 2 N–H and O–H groups in total. The molecule has 1 fully saturated rings. The predicted octanol–water partition coefficient (Wildman–Crippen LogP) is 1.69. The Morgan fingerprint density at radius 1 is 0.955 bits per heavy atom. The summed E-state index contributed by atoms with van der Waals surface area (Å²) in [4.78, 5) is 5.18. The second-order valence-electron chi connectivity index (χ2n) is 6.80. The number of hydrogen-bond acceptors (Lipinski definition) is 4. The molecule has 0 aromatic carbocycles. The molecule has 0 aromatic heterocycles. The van der Waals surface area contributed by atoms with Gasteiger partial charge in [-0.05, 0) is 71.8 Å². The summed E-state index contributed by atoms with van der Waals surface area (Å²) in [7, 11) is 0. The van der Waals surface area contributed by atoms with E-state index >= 15 is 0 Å². The lowest BCUT2D eigenvalue weighted by Gasteiger charge is -2.22. The quantitative estimate of drug-likeness (QED) is 0.449. The minimum absolute atomic E-state index is 0.817. The monoisotopic (exact) mass is 308 g/mol. The van der Waals surface area contributed by atoms with Gasteiger partial charge in [0, 0.05) is 32.2 Å². The van der Waals surface area contributed by atoms with Gasteiger partial charge in [0.1, 0.15) is 0 Å². The van der Waals surface area contributed by atoms with Crippen LogP contribution in [0.1, 0.15) is 39.0 Å². The molecule has 1 saturated heterocycles. The molecular weight excluding hydrogens is 272 g/mol. The topological polar surface area (TPSA) is 30.5 Å². The summed E-state index contributed by atoms with van der Waals surface area (Å²) in [6, 6.07) is 0.817. The predicted molar refractivity (Wildman–Crippen MR) is 95.4 cm³/mol. The Morgan fingerprint density at radius 2 is 1.73 bits per heavy atom. The van der Waals surface area contributed by atoms with Crippen LogP contribution in [0.15, 0.2) is 12.2 Å². The van der Waals surface area contributed by atoms with Crippen LogP contribution in [0.4, 0.5) is 0 Å². The maximum Gasteiger partial charge on any atom is 0.0163 e. The average Bonchev–Trinajstić information content (AvgIpc) is 2.95. The van der Waals surface area contributed by atoms with Crippen molar-refractivity contribution in [3.8, 4) is 0 Å². The zero-order valence-electron chi connectivity index (χ0n) is 14.5. The highest BCUT2D eigenvalue weighted by Crippen LogP contribution is 2.15. The molecule has 0 spiro atoms. The van der Waals surface area contributed by atoms with E-state index in [1.807, 2.05) is 0 Å². The molecule has 2 aliphatic heterocycles. The van der Waals surface area contributed by atoms with Gasteiger partial charge in [-0.15, -0.1) is 0 Å². The summed E-state index contributed by atoms with van der Waals surface area (Å²) in [6.45, 7) is 13.1. The number of hydrogen-bond donors (Lipinski definition) is 2. The van der Waals surface area contributed by atoms with Gasteiger partial charge in [-0.25, -0.2) is 0 Å². The first-order valence-electron chi connectivity index (χ1n) is 9.39. The lowest BCUT2D eigenvalue weighted by molar-refractivity contribution is 0.264. The first-order valence-corrected chi connectivity index (χ1v) is 9.39. The third-order valence-corrected chi connectivity index (χ3v) is 4.94. The summed E-state index contributed by atoms with van der Waals surface area (Å²) in [5.74, 6) is 0. The average molecular weight is 309 g/mol. The first-order chi connectivity index (χ1) is 10.9. The number of nitrogens with zero attached hydrogens (tertiary/aromatic N) is 2. The van der Waals surface area contributed by atoms with Crippen molar-refractivity contribution in [2.75, 3.05) is 58.9 Å². The molecule has 0 bridgehead atoms. The van der Waals surface area contributed by atoms with Crippen molar-refractivity contribution in [1.29, 1.82) is 0 Å². The summed E-state index contributed by atoms with van der Waals surface area (Å²) in [5, 5.41) is 7.10. The van der Waals surface area contributed by atoms with E-state index in [0.717, 1.165) is 38.8 Å². The second-order valence-corrected chi connectivity index (χ2v) is 6.80. The van der Waals surface area contributed by atoms with E-state index < -0.39 is 0 Å². The van der Waals surface area contributed by atoms with Gasteiger partial charge in [-0.2, -0.15) is 0 Å². The molecule has 1 atom stereocenters. The fraction of sp³-hybridized carbons (Fsp3) is 0.889. The molecule has 0 saturated carbocycles. The largest absolute Gasteiger partial charge is 0.315 e. The van der Waals surface area contributed by atoms with E-state index in [-0.39, 0.29) is 0 Å². The van der Waals surface area contributed by atoms with Crippen molar-refractivity contribution in [1.82, 2.24) is 20.4 Å². The fourth-order valence-corrected chi connectivity index (χ4v) is 3.48. The summed E-state index contributed by atoms with van der Waals surface area (Å²) < 4.78 is 0. The molecule has 1 unspecified atom stereocenters. The Balaban J connectivity index is 1.30. The van der Waals surface area contributed by atoms with Crippen LogP contribution in [0.5, 0.6) is 0 Å². The molecule has 128 valence electrons. The minimum atomic E-state index is 0.817. The lowest BCUT2D eigenvalue weighted by Crippen LogP contribution is -2.33. The molecule has 22 heavy (non-hydrogen) atoms. The molecule has 0 amide bonds. The summed E-state index contributed by atoms with van der Waals surface area (Å²) >= 11 is 0. The Morgan fingerprint density at radius 3 is 2.36 bits per heavy atom. The lowest BCUT2D eigenvalue weighted by atomic mass is 10.2. The number of nitrogens with one attached hydrogen (secondary N) is 2. The maximum atomic E-state index is 3.56. The van der Waals surface area contributed by atoms with Gasteiger partial charge in [-0.3, -0.25) is 4.90 Å². The third kappa shape index (κ3) is 7.23. The molecule has 0 aromatic rings. The van der Waals surface area contributed by atoms with E-state index in [4.69, 9.17) is 0 Å². The van der Waals surface area contributed by atoms with Crippen LogP contribution >= 0.6 is 0 Å². The molecule has 2 aliphatic rings. The van der Waals surface area contributed by atoms with E-state index in [1.165, 1.54) is 58.3 Å². The van der Waals surface area contributed by atoms with Crippen molar-refractivity contribution in [3.05, 3.63) is 12.2 Å². The van der Waals surface area contributed by atoms with Gasteiger partial charge in [0.25, 0.3) is 0 Å². The zero-order chi connectivity index (χ0) is 15.5. The highest BCUT2D eigenvalue weighted by atomic mass is 15.2. The van der Waals surface area contributed by atoms with Gasteiger partial charge in [0.2, 0.25) is 0 Å². The normalized spacial score (nSPS) is 23.4. The highest BCUT2D eigenvalue weighted by Gasteiger charge is 2.18. The zero-order valence-corrected chi connectivity index (χ0v) is 14.5. The number of likely N-dealkylation sites (tertiary alicyclic amines) is 1. The second kappa shape index (κ2) is 11.2. The smallest absolute Gasteiger partial charge is 0.0163 e. The van der Waals surface area contributed by atoms with Crippen molar-refractivity contribution in [3.63, 3.8) is 0 Å². The SMILES string of the molecule is CC1CCCN1CCCNCCNCCCN1CC=CCC1. The Hall–Kier alpha value is -0.420. The van der Waals surface area contributed by atoms with Gasteiger partial charge < -0.3 is 15.5 Å². The third-order valence-electron chi connectivity index (χ3n) is 4.94. The molecule has 2 rings (SSSR count). The molecule has 4 nitrogen and oxygen atoms in total. The van der Waals surface area contributed by atoms with Crippen molar-refractivity contribution in [2.24, 2.45) is 0 Å². The van der Waals surface area contributed by atoms with E-state index in [0.29, 0.717) is 0 Å². The summed E-state index contributed by atoms with van der Waals surface area (Å²) in [6.07, 6.45) is 11.2. The molecular formula is C18H36N4. The van der Waals surface area contributed by atoms with Crippen LogP contribution in [0.2, 0.25) is 0 Å². The summed E-state index contributed by atoms with van der Waals surface area (Å²) in [5.41, 5.74) is 0. The first kappa shape index (κ1) is 17.9. The van der Waals surface area contributed by atoms with E-state index in [9.17, 15) is 0 Å². The highest BCUT2D eigenvalue weighted by molar-refractivity contribution is 4.90. The van der Waals surface area contributed by atoms with Crippen LogP contribution < -0.4 is 10.6 Å². The minimum Gasteiger partial charge on any atom is -0.315 e. The van der Waals surface area contributed by atoms with Crippen LogP contribution in [0, 0.1) is 0 Å². The Bertz CT molecular complexity index is 305. The fourth-order valence-electron chi connectivity index (χ4n) is 3.48. The van der Waals surface area contributed by atoms with Gasteiger partial charge in [-0.1, -0.05) is 12.2 Å². The molecule has 0 aliphatic carbocycles. The molecule has 2 heterocycles.